The second-order valence-corrected chi connectivity index (χ2v) is 4.96. The average molecular weight is 224 g/mol. The number of hydrogen-bond acceptors (Lipinski definition) is 2. The summed E-state index contributed by atoms with van der Waals surface area (Å²) in [7, 11) is 0. The lowest BCUT2D eigenvalue weighted by Crippen LogP contribution is -2.03. The molecule has 0 fully saturated rings. The molecule has 1 aromatic rings. The molecule has 0 spiro atoms. The number of rotatable bonds is 4. The predicted octanol–water partition coefficient (Wildman–Crippen LogP) is 4.02. The van der Waals surface area contributed by atoms with Gasteiger partial charge < -0.3 is 4.74 Å². The lowest BCUT2D eigenvalue weighted by Gasteiger charge is -2.12. The molecule has 84 valence electrons. The van der Waals surface area contributed by atoms with E-state index in [4.69, 9.17) is 4.74 Å². The molecule has 15 heavy (non-hydrogen) atoms. The van der Waals surface area contributed by atoms with Gasteiger partial charge in [0.05, 0.1) is 12.7 Å². The zero-order valence-electron chi connectivity index (χ0n) is 9.95. The number of benzene rings is 1. The van der Waals surface area contributed by atoms with Crippen molar-refractivity contribution < 1.29 is 4.74 Å². The SMILES string of the molecule is CC(C)OCc1cc(S)cc(C(C)C)c1. The van der Waals surface area contributed by atoms with Gasteiger partial charge in [-0.3, -0.25) is 0 Å². The monoisotopic (exact) mass is 224 g/mol. The summed E-state index contributed by atoms with van der Waals surface area (Å²) in [5.74, 6) is 0.537. The average Bonchev–Trinajstić information content (AvgIpc) is 2.13. The van der Waals surface area contributed by atoms with Crippen LogP contribution in [-0.2, 0) is 11.3 Å². The van der Waals surface area contributed by atoms with Crippen molar-refractivity contribution in [3.63, 3.8) is 0 Å². The minimum atomic E-state index is 0.274. The molecule has 0 aliphatic rings. The fraction of sp³-hybridized carbons (Fsp3) is 0.538. The summed E-state index contributed by atoms with van der Waals surface area (Å²) in [6.07, 6.45) is 0.274. The highest BCUT2D eigenvalue weighted by atomic mass is 32.1. The summed E-state index contributed by atoms with van der Waals surface area (Å²) in [4.78, 5) is 1.02. The van der Waals surface area contributed by atoms with Crippen LogP contribution in [0.2, 0.25) is 0 Å². The molecule has 0 atom stereocenters. The third-order valence-electron chi connectivity index (χ3n) is 2.25. The van der Waals surface area contributed by atoms with Gasteiger partial charge in [0.25, 0.3) is 0 Å². The molecule has 0 heterocycles. The first-order valence-corrected chi connectivity index (χ1v) is 5.88. The Bertz CT molecular complexity index is 318. The molecule has 0 radical (unpaired) electrons. The molecule has 0 amide bonds. The highest BCUT2D eigenvalue weighted by molar-refractivity contribution is 7.80. The molecule has 0 saturated heterocycles. The van der Waals surface area contributed by atoms with Gasteiger partial charge in [0.2, 0.25) is 0 Å². The summed E-state index contributed by atoms with van der Waals surface area (Å²) in [5.41, 5.74) is 2.53. The van der Waals surface area contributed by atoms with Gasteiger partial charge in [0.1, 0.15) is 0 Å². The van der Waals surface area contributed by atoms with E-state index in [0.29, 0.717) is 12.5 Å². The second-order valence-electron chi connectivity index (χ2n) is 4.45. The number of thiol groups is 1. The normalized spacial score (nSPS) is 11.4. The van der Waals surface area contributed by atoms with Gasteiger partial charge in [-0.05, 0) is 43.0 Å². The van der Waals surface area contributed by atoms with E-state index in [9.17, 15) is 0 Å². The fourth-order valence-corrected chi connectivity index (χ4v) is 1.69. The third kappa shape index (κ3) is 4.27. The van der Waals surface area contributed by atoms with Gasteiger partial charge in [-0.15, -0.1) is 12.6 Å². The number of hydrogen-bond donors (Lipinski definition) is 1. The lowest BCUT2D eigenvalue weighted by atomic mass is 10.0. The molecule has 0 aliphatic heterocycles. The Morgan fingerprint density at radius 3 is 2.33 bits per heavy atom. The Morgan fingerprint density at radius 1 is 1.13 bits per heavy atom. The minimum Gasteiger partial charge on any atom is -0.374 e. The van der Waals surface area contributed by atoms with E-state index in [1.54, 1.807) is 0 Å². The van der Waals surface area contributed by atoms with Crippen LogP contribution in [0.1, 0.15) is 44.7 Å². The van der Waals surface area contributed by atoms with E-state index in [0.717, 1.165) is 4.90 Å². The largest absolute Gasteiger partial charge is 0.374 e. The second kappa shape index (κ2) is 5.57. The smallest absolute Gasteiger partial charge is 0.0720 e. The molecule has 2 heteroatoms. The third-order valence-corrected chi connectivity index (χ3v) is 2.51. The van der Waals surface area contributed by atoms with E-state index < -0.39 is 0 Å². The van der Waals surface area contributed by atoms with Crippen molar-refractivity contribution in [3.8, 4) is 0 Å². The fourth-order valence-electron chi connectivity index (χ4n) is 1.38. The van der Waals surface area contributed by atoms with Crippen molar-refractivity contribution in [3.05, 3.63) is 29.3 Å². The maximum Gasteiger partial charge on any atom is 0.0720 e. The predicted molar refractivity (Wildman–Crippen MR) is 67.7 cm³/mol. The van der Waals surface area contributed by atoms with Gasteiger partial charge in [0, 0.05) is 4.90 Å². The summed E-state index contributed by atoms with van der Waals surface area (Å²) in [6.45, 7) is 9.15. The van der Waals surface area contributed by atoms with E-state index in [-0.39, 0.29) is 6.10 Å². The topological polar surface area (TPSA) is 9.23 Å². The standard InChI is InChI=1S/C13H20OS/c1-9(2)12-5-11(6-13(15)7-12)8-14-10(3)4/h5-7,9-10,15H,8H2,1-4H3. The first kappa shape index (κ1) is 12.6. The molecular weight excluding hydrogens is 204 g/mol. The van der Waals surface area contributed by atoms with Crippen molar-refractivity contribution in [2.75, 3.05) is 0 Å². The zero-order valence-corrected chi connectivity index (χ0v) is 10.8. The molecule has 0 aliphatic carbocycles. The van der Waals surface area contributed by atoms with Crippen LogP contribution >= 0.6 is 12.6 Å². The van der Waals surface area contributed by atoms with Crippen LogP contribution in [0.3, 0.4) is 0 Å². The molecule has 1 nitrogen and oxygen atoms in total. The Labute approximate surface area is 98.3 Å². The minimum absolute atomic E-state index is 0.274. The van der Waals surface area contributed by atoms with Crippen LogP contribution in [0.4, 0.5) is 0 Å². The van der Waals surface area contributed by atoms with Gasteiger partial charge in [-0.25, -0.2) is 0 Å². The molecule has 0 saturated carbocycles. The van der Waals surface area contributed by atoms with Crippen LogP contribution < -0.4 is 0 Å². The number of ether oxygens (including phenoxy) is 1. The van der Waals surface area contributed by atoms with Crippen molar-refractivity contribution in [1.29, 1.82) is 0 Å². The van der Waals surface area contributed by atoms with E-state index in [1.807, 2.05) is 13.8 Å². The Hall–Kier alpha value is -0.470. The quantitative estimate of drug-likeness (QED) is 0.760. The van der Waals surface area contributed by atoms with Crippen LogP contribution in [0.5, 0.6) is 0 Å². The molecular formula is C13H20OS. The maximum atomic E-state index is 5.58. The zero-order chi connectivity index (χ0) is 11.4. The molecule has 0 aromatic heterocycles. The van der Waals surface area contributed by atoms with Gasteiger partial charge in [-0.2, -0.15) is 0 Å². The molecule has 0 N–H and O–H groups in total. The summed E-state index contributed by atoms with van der Waals surface area (Å²) < 4.78 is 5.58. The summed E-state index contributed by atoms with van der Waals surface area (Å²) in [6, 6.07) is 6.39. The first-order chi connectivity index (χ1) is 6.99. The van der Waals surface area contributed by atoms with Crippen LogP contribution in [0, 0.1) is 0 Å². The summed E-state index contributed by atoms with van der Waals surface area (Å²) in [5, 5.41) is 0. The van der Waals surface area contributed by atoms with E-state index in [2.05, 4.69) is 44.7 Å². The van der Waals surface area contributed by atoms with Crippen LogP contribution in [0.25, 0.3) is 0 Å². The highest BCUT2D eigenvalue weighted by Crippen LogP contribution is 2.21. The van der Waals surface area contributed by atoms with Crippen molar-refractivity contribution in [1.82, 2.24) is 0 Å². The molecule has 1 rings (SSSR count). The Balaban J connectivity index is 2.79. The van der Waals surface area contributed by atoms with Crippen molar-refractivity contribution in [2.45, 2.75) is 51.2 Å². The Morgan fingerprint density at radius 2 is 1.80 bits per heavy atom. The summed E-state index contributed by atoms with van der Waals surface area (Å²) >= 11 is 4.41. The van der Waals surface area contributed by atoms with Gasteiger partial charge in [0.15, 0.2) is 0 Å². The first-order valence-electron chi connectivity index (χ1n) is 5.43. The van der Waals surface area contributed by atoms with E-state index in [1.165, 1.54) is 11.1 Å². The Kier molecular flexibility index (Phi) is 4.68. The van der Waals surface area contributed by atoms with E-state index >= 15 is 0 Å². The van der Waals surface area contributed by atoms with Crippen molar-refractivity contribution >= 4 is 12.6 Å². The molecule has 0 bridgehead atoms. The van der Waals surface area contributed by atoms with Crippen molar-refractivity contribution in [2.24, 2.45) is 0 Å². The van der Waals surface area contributed by atoms with Crippen LogP contribution in [0.15, 0.2) is 23.1 Å². The maximum absolute atomic E-state index is 5.58. The van der Waals surface area contributed by atoms with Gasteiger partial charge in [-0.1, -0.05) is 19.9 Å². The lowest BCUT2D eigenvalue weighted by molar-refractivity contribution is 0.0655. The highest BCUT2D eigenvalue weighted by Gasteiger charge is 2.03. The molecule has 0 unspecified atom stereocenters. The van der Waals surface area contributed by atoms with Gasteiger partial charge >= 0.3 is 0 Å². The molecule has 1 aromatic carbocycles. The van der Waals surface area contributed by atoms with Crippen LogP contribution in [-0.4, -0.2) is 6.10 Å².